The molecule has 1 aromatic heterocycles. The average molecular weight is 214 g/mol. The number of nitrogens with two attached hydrogens (primary N) is 1. The molecule has 1 heterocycles. The van der Waals surface area contributed by atoms with Gasteiger partial charge < -0.3 is 10.7 Å². The highest BCUT2D eigenvalue weighted by Crippen LogP contribution is 2.31. The maximum atomic E-state index is 12.3. The molecule has 0 radical (unpaired) electrons. The number of rotatable bonds is 1. The summed E-state index contributed by atoms with van der Waals surface area (Å²) in [7, 11) is 0. The van der Waals surface area contributed by atoms with Crippen LogP contribution in [0, 0.1) is 0 Å². The predicted octanol–water partition coefficient (Wildman–Crippen LogP) is 2.73. The van der Waals surface area contributed by atoms with Crippen molar-refractivity contribution >= 4 is 10.9 Å². The number of halogens is 3. The molecule has 0 saturated carbocycles. The van der Waals surface area contributed by atoms with Crippen molar-refractivity contribution in [2.75, 3.05) is 0 Å². The van der Waals surface area contributed by atoms with Crippen LogP contribution in [-0.2, 0) is 0 Å². The van der Waals surface area contributed by atoms with Gasteiger partial charge >= 0.3 is 6.18 Å². The number of fused-ring (bicyclic) bond motifs is 1. The number of benzene rings is 1. The van der Waals surface area contributed by atoms with E-state index < -0.39 is 12.2 Å². The lowest BCUT2D eigenvalue weighted by Gasteiger charge is -2.15. The van der Waals surface area contributed by atoms with Crippen LogP contribution in [0.15, 0.2) is 30.5 Å². The van der Waals surface area contributed by atoms with Crippen LogP contribution in [0.2, 0.25) is 0 Å². The Kier molecular flexibility index (Phi) is 2.19. The minimum atomic E-state index is -4.40. The Labute approximate surface area is 83.9 Å². The quantitative estimate of drug-likeness (QED) is 0.752. The summed E-state index contributed by atoms with van der Waals surface area (Å²) in [5.41, 5.74) is 5.82. The Morgan fingerprint density at radius 3 is 2.60 bits per heavy atom. The van der Waals surface area contributed by atoms with Crippen LogP contribution in [0.1, 0.15) is 11.6 Å². The first-order valence-electron chi connectivity index (χ1n) is 4.38. The lowest BCUT2D eigenvalue weighted by atomic mass is 10.1. The number of nitrogens with one attached hydrogen (secondary N) is 1. The Morgan fingerprint density at radius 1 is 1.20 bits per heavy atom. The fourth-order valence-electron chi connectivity index (χ4n) is 1.45. The number of H-pyrrole nitrogens is 1. The van der Waals surface area contributed by atoms with Gasteiger partial charge in [0.1, 0.15) is 6.04 Å². The standard InChI is InChI=1S/C10H9F3N2/c11-10(12,13)9(14)7-2-1-6-3-4-15-8(6)5-7/h1-5,9,15H,14H2/t9-/m1/s1. The van der Waals surface area contributed by atoms with Gasteiger partial charge in [0, 0.05) is 11.7 Å². The molecule has 3 N–H and O–H groups in total. The molecule has 1 atom stereocenters. The predicted molar refractivity (Wildman–Crippen MR) is 51.3 cm³/mol. The zero-order valence-electron chi connectivity index (χ0n) is 7.68. The first-order valence-corrected chi connectivity index (χ1v) is 4.38. The van der Waals surface area contributed by atoms with E-state index in [-0.39, 0.29) is 5.56 Å². The Hall–Kier alpha value is -1.49. The van der Waals surface area contributed by atoms with Gasteiger partial charge in [-0.2, -0.15) is 13.2 Å². The molecule has 80 valence electrons. The van der Waals surface area contributed by atoms with Crippen molar-refractivity contribution < 1.29 is 13.2 Å². The van der Waals surface area contributed by atoms with Crippen molar-refractivity contribution in [2.45, 2.75) is 12.2 Å². The van der Waals surface area contributed by atoms with Gasteiger partial charge in [0.25, 0.3) is 0 Å². The molecule has 1 aromatic carbocycles. The van der Waals surface area contributed by atoms with Gasteiger partial charge in [-0.15, -0.1) is 0 Å². The molecule has 0 fully saturated rings. The van der Waals surface area contributed by atoms with E-state index in [9.17, 15) is 13.2 Å². The third-order valence-electron chi connectivity index (χ3n) is 2.29. The SMILES string of the molecule is N[C@H](c1ccc2cc[nH]c2c1)C(F)(F)F. The third-order valence-corrected chi connectivity index (χ3v) is 2.29. The van der Waals surface area contributed by atoms with Gasteiger partial charge in [0.15, 0.2) is 0 Å². The maximum Gasteiger partial charge on any atom is 0.407 e. The molecule has 0 unspecified atom stereocenters. The van der Waals surface area contributed by atoms with E-state index in [1.54, 1.807) is 18.3 Å². The lowest BCUT2D eigenvalue weighted by molar-refractivity contribution is -0.149. The molecular formula is C10H9F3N2. The first-order chi connectivity index (χ1) is 6.98. The Morgan fingerprint density at radius 2 is 1.93 bits per heavy atom. The summed E-state index contributed by atoms with van der Waals surface area (Å²) < 4.78 is 37.0. The molecule has 0 amide bonds. The van der Waals surface area contributed by atoms with Gasteiger partial charge in [0.2, 0.25) is 0 Å². The summed E-state index contributed by atoms with van der Waals surface area (Å²) in [6.45, 7) is 0. The van der Waals surface area contributed by atoms with Gasteiger partial charge in [-0.1, -0.05) is 12.1 Å². The second-order valence-corrected chi connectivity index (χ2v) is 3.34. The average Bonchev–Trinajstić information content (AvgIpc) is 2.61. The number of aromatic amines is 1. The molecule has 0 saturated heterocycles. The van der Waals surface area contributed by atoms with E-state index in [1.807, 2.05) is 0 Å². The minimum Gasteiger partial charge on any atom is -0.361 e. The van der Waals surface area contributed by atoms with E-state index in [0.29, 0.717) is 5.52 Å². The zero-order valence-corrected chi connectivity index (χ0v) is 7.68. The highest BCUT2D eigenvalue weighted by molar-refractivity contribution is 5.80. The Balaban J connectivity index is 2.44. The molecule has 2 nitrogen and oxygen atoms in total. The van der Waals surface area contributed by atoms with Crippen molar-refractivity contribution in [3.63, 3.8) is 0 Å². The molecule has 0 aliphatic heterocycles. The summed E-state index contributed by atoms with van der Waals surface area (Å²) in [4.78, 5) is 2.84. The zero-order chi connectivity index (χ0) is 11.1. The molecule has 15 heavy (non-hydrogen) atoms. The number of hydrogen-bond donors (Lipinski definition) is 2. The van der Waals surface area contributed by atoms with E-state index in [0.717, 1.165) is 5.39 Å². The topological polar surface area (TPSA) is 41.8 Å². The third kappa shape index (κ3) is 1.83. The van der Waals surface area contributed by atoms with Crippen LogP contribution >= 0.6 is 0 Å². The van der Waals surface area contributed by atoms with Crippen molar-refractivity contribution in [1.29, 1.82) is 0 Å². The first kappa shape index (κ1) is 10.0. The molecule has 2 rings (SSSR count). The number of hydrogen-bond acceptors (Lipinski definition) is 1. The smallest absolute Gasteiger partial charge is 0.361 e. The van der Waals surface area contributed by atoms with Crippen LogP contribution < -0.4 is 5.73 Å². The van der Waals surface area contributed by atoms with Crippen molar-refractivity contribution in [3.8, 4) is 0 Å². The largest absolute Gasteiger partial charge is 0.407 e. The molecular weight excluding hydrogens is 205 g/mol. The monoisotopic (exact) mass is 214 g/mol. The van der Waals surface area contributed by atoms with Crippen LogP contribution in [-0.4, -0.2) is 11.2 Å². The summed E-state index contributed by atoms with van der Waals surface area (Å²) in [5.74, 6) is 0. The van der Waals surface area contributed by atoms with Crippen LogP contribution in [0.5, 0.6) is 0 Å². The van der Waals surface area contributed by atoms with Gasteiger partial charge in [-0.3, -0.25) is 0 Å². The summed E-state index contributed by atoms with van der Waals surface area (Å²) in [6.07, 6.45) is -2.73. The fourth-order valence-corrected chi connectivity index (χ4v) is 1.45. The van der Waals surface area contributed by atoms with Gasteiger partial charge in [-0.25, -0.2) is 0 Å². The van der Waals surface area contributed by atoms with Gasteiger partial charge in [-0.05, 0) is 23.1 Å². The van der Waals surface area contributed by atoms with Crippen LogP contribution in [0.3, 0.4) is 0 Å². The molecule has 0 aliphatic carbocycles. The van der Waals surface area contributed by atoms with Crippen molar-refractivity contribution in [2.24, 2.45) is 5.73 Å². The maximum absolute atomic E-state index is 12.3. The van der Waals surface area contributed by atoms with Crippen LogP contribution in [0.4, 0.5) is 13.2 Å². The Bertz CT molecular complexity index is 473. The molecule has 0 bridgehead atoms. The molecule has 0 spiro atoms. The molecule has 5 heteroatoms. The second kappa shape index (κ2) is 3.27. The van der Waals surface area contributed by atoms with E-state index in [2.05, 4.69) is 4.98 Å². The number of aromatic nitrogens is 1. The van der Waals surface area contributed by atoms with Gasteiger partial charge in [0.05, 0.1) is 0 Å². The highest BCUT2D eigenvalue weighted by atomic mass is 19.4. The fraction of sp³-hybridized carbons (Fsp3) is 0.200. The summed E-state index contributed by atoms with van der Waals surface area (Å²) >= 11 is 0. The van der Waals surface area contributed by atoms with E-state index >= 15 is 0 Å². The lowest BCUT2D eigenvalue weighted by Crippen LogP contribution is -2.28. The van der Waals surface area contributed by atoms with Crippen molar-refractivity contribution in [1.82, 2.24) is 4.98 Å². The summed E-state index contributed by atoms with van der Waals surface area (Å²) in [5, 5.41) is 0.869. The molecule has 0 aliphatic rings. The normalized spacial score (nSPS) is 14.4. The molecule has 2 aromatic rings. The minimum absolute atomic E-state index is 0.0671. The number of alkyl halides is 3. The highest BCUT2D eigenvalue weighted by Gasteiger charge is 2.37. The summed E-state index contributed by atoms with van der Waals surface area (Å²) in [6, 6.07) is 4.30. The van der Waals surface area contributed by atoms with E-state index in [4.69, 9.17) is 5.73 Å². The van der Waals surface area contributed by atoms with Crippen molar-refractivity contribution in [3.05, 3.63) is 36.0 Å². The van der Waals surface area contributed by atoms with Crippen LogP contribution in [0.25, 0.3) is 10.9 Å². The van der Waals surface area contributed by atoms with E-state index in [1.165, 1.54) is 12.1 Å². The second-order valence-electron chi connectivity index (χ2n) is 3.34.